The van der Waals surface area contributed by atoms with Crippen LogP contribution in [0.2, 0.25) is 5.02 Å². The number of hydrogen-bond donors (Lipinski definition) is 1. The molecular formula is C17H19ClO2. The molecule has 106 valence electrons. The van der Waals surface area contributed by atoms with Gasteiger partial charge in [0.1, 0.15) is 5.75 Å². The second-order valence-corrected chi connectivity index (χ2v) is 5.52. The smallest absolute Gasteiger partial charge is 0.120 e. The van der Waals surface area contributed by atoms with E-state index in [9.17, 15) is 5.11 Å². The van der Waals surface area contributed by atoms with Crippen LogP contribution in [0.4, 0.5) is 0 Å². The van der Waals surface area contributed by atoms with Crippen LogP contribution in [0.1, 0.15) is 31.1 Å². The van der Waals surface area contributed by atoms with Crippen LogP contribution in [0.3, 0.4) is 0 Å². The molecule has 0 saturated carbocycles. The lowest BCUT2D eigenvalue weighted by Gasteiger charge is -2.14. The molecule has 3 heteroatoms. The van der Waals surface area contributed by atoms with Gasteiger partial charge in [0, 0.05) is 11.4 Å². The predicted octanol–water partition coefficient (Wildman–Crippen LogP) is 4.40. The number of halogens is 1. The van der Waals surface area contributed by atoms with Crippen molar-refractivity contribution in [3.8, 4) is 5.75 Å². The summed E-state index contributed by atoms with van der Waals surface area (Å²) in [6.45, 7) is 3.97. The standard InChI is InChI=1S/C17H19ClO2/c1-12(2)20-16-5-3-4-14(11-16)17(19)10-13-6-8-15(18)9-7-13/h3-9,11-12,17,19H,10H2,1-2H3. The maximum atomic E-state index is 10.3. The Morgan fingerprint density at radius 2 is 1.80 bits per heavy atom. The molecule has 2 aromatic carbocycles. The lowest BCUT2D eigenvalue weighted by molar-refractivity contribution is 0.177. The van der Waals surface area contributed by atoms with Crippen LogP contribution in [-0.2, 0) is 6.42 Å². The molecule has 0 aliphatic rings. The van der Waals surface area contributed by atoms with Crippen LogP contribution in [0.15, 0.2) is 48.5 Å². The number of benzene rings is 2. The SMILES string of the molecule is CC(C)Oc1cccc(C(O)Cc2ccc(Cl)cc2)c1. The minimum Gasteiger partial charge on any atom is -0.491 e. The molecule has 0 heterocycles. The fourth-order valence-corrected chi connectivity index (χ4v) is 2.15. The van der Waals surface area contributed by atoms with Gasteiger partial charge in [-0.15, -0.1) is 0 Å². The molecule has 0 amide bonds. The lowest BCUT2D eigenvalue weighted by atomic mass is 10.0. The highest BCUT2D eigenvalue weighted by molar-refractivity contribution is 6.30. The predicted molar refractivity (Wildman–Crippen MR) is 82.3 cm³/mol. The Bertz CT molecular complexity index is 549. The van der Waals surface area contributed by atoms with Crippen LogP contribution in [0.5, 0.6) is 5.75 Å². The minimum absolute atomic E-state index is 0.124. The molecule has 1 N–H and O–H groups in total. The van der Waals surface area contributed by atoms with Crippen LogP contribution in [-0.4, -0.2) is 11.2 Å². The number of aliphatic hydroxyl groups is 1. The molecule has 0 aromatic heterocycles. The second-order valence-electron chi connectivity index (χ2n) is 5.09. The van der Waals surface area contributed by atoms with Gasteiger partial charge in [0.05, 0.1) is 12.2 Å². The molecular weight excluding hydrogens is 272 g/mol. The Balaban J connectivity index is 2.08. The quantitative estimate of drug-likeness (QED) is 0.884. The van der Waals surface area contributed by atoms with E-state index < -0.39 is 6.10 Å². The van der Waals surface area contributed by atoms with Crippen LogP contribution in [0, 0.1) is 0 Å². The summed E-state index contributed by atoms with van der Waals surface area (Å²) in [5.41, 5.74) is 1.91. The Hall–Kier alpha value is -1.51. The van der Waals surface area contributed by atoms with Crippen molar-refractivity contribution in [1.82, 2.24) is 0 Å². The highest BCUT2D eigenvalue weighted by Gasteiger charge is 2.10. The maximum absolute atomic E-state index is 10.3. The minimum atomic E-state index is -0.549. The summed E-state index contributed by atoms with van der Waals surface area (Å²) < 4.78 is 5.64. The van der Waals surface area contributed by atoms with E-state index in [1.165, 1.54) is 0 Å². The van der Waals surface area contributed by atoms with Crippen molar-refractivity contribution in [3.63, 3.8) is 0 Å². The molecule has 2 nitrogen and oxygen atoms in total. The average molecular weight is 291 g/mol. The molecule has 0 spiro atoms. The van der Waals surface area contributed by atoms with E-state index in [2.05, 4.69) is 0 Å². The van der Waals surface area contributed by atoms with Crippen LogP contribution < -0.4 is 4.74 Å². The largest absolute Gasteiger partial charge is 0.491 e. The van der Waals surface area contributed by atoms with Gasteiger partial charge >= 0.3 is 0 Å². The number of aliphatic hydroxyl groups excluding tert-OH is 1. The normalized spacial score (nSPS) is 12.4. The van der Waals surface area contributed by atoms with Crippen molar-refractivity contribution in [1.29, 1.82) is 0 Å². The fourth-order valence-electron chi connectivity index (χ4n) is 2.03. The van der Waals surface area contributed by atoms with Crippen molar-refractivity contribution >= 4 is 11.6 Å². The molecule has 0 aliphatic heterocycles. The molecule has 0 bridgehead atoms. The zero-order chi connectivity index (χ0) is 14.5. The first-order valence-electron chi connectivity index (χ1n) is 6.73. The monoisotopic (exact) mass is 290 g/mol. The summed E-state index contributed by atoms with van der Waals surface area (Å²) >= 11 is 5.86. The van der Waals surface area contributed by atoms with E-state index in [0.717, 1.165) is 16.9 Å². The van der Waals surface area contributed by atoms with E-state index >= 15 is 0 Å². The van der Waals surface area contributed by atoms with Gasteiger partial charge in [-0.25, -0.2) is 0 Å². The molecule has 0 saturated heterocycles. The molecule has 2 aromatic rings. The third kappa shape index (κ3) is 4.26. The third-order valence-corrected chi connectivity index (χ3v) is 3.21. The van der Waals surface area contributed by atoms with Crippen molar-refractivity contribution in [2.45, 2.75) is 32.5 Å². The topological polar surface area (TPSA) is 29.5 Å². The summed E-state index contributed by atoms with van der Waals surface area (Å²) in [5, 5.41) is 11.0. The summed E-state index contributed by atoms with van der Waals surface area (Å²) in [7, 11) is 0. The first-order valence-corrected chi connectivity index (χ1v) is 7.11. The molecule has 1 unspecified atom stereocenters. The average Bonchev–Trinajstić information content (AvgIpc) is 2.41. The van der Waals surface area contributed by atoms with Gasteiger partial charge in [-0.3, -0.25) is 0 Å². The summed E-state index contributed by atoms with van der Waals surface area (Å²) in [6, 6.07) is 15.1. The summed E-state index contributed by atoms with van der Waals surface area (Å²) in [5.74, 6) is 0.785. The van der Waals surface area contributed by atoms with Crippen molar-refractivity contribution < 1.29 is 9.84 Å². The van der Waals surface area contributed by atoms with Gasteiger partial charge in [-0.05, 0) is 49.2 Å². The van der Waals surface area contributed by atoms with E-state index in [1.54, 1.807) is 0 Å². The molecule has 0 radical (unpaired) electrons. The third-order valence-electron chi connectivity index (χ3n) is 2.96. The van der Waals surface area contributed by atoms with Gasteiger partial charge in [-0.2, -0.15) is 0 Å². The van der Waals surface area contributed by atoms with Gasteiger partial charge in [-0.1, -0.05) is 35.9 Å². The molecule has 0 fully saturated rings. The fraction of sp³-hybridized carbons (Fsp3) is 0.294. The highest BCUT2D eigenvalue weighted by Crippen LogP contribution is 2.23. The van der Waals surface area contributed by atoms with E-state index in [-0.39, 0.29) is 6.10 Å². The van der Waals surface area contributed by atoms with Crippen molar-refractivity contribution in [3.05, 3.63) is 64.7 Å². The first kappa shape index (κ1) is 14.9. The number of rotatable bonds is 5. The van der Waals surface area contributed by atoms with Crippen LogP contribution in [0.25, 0.3) is 0 Å². The molecule has 20 heavy (non-hydrogen) atoms. The number of ether oxygens (including phenoxy) is 1. The van der Waals surface area contributed by atoms with Crippen molar-refractivity contribution in [2.75, 3.05) is 0 Å². The lowest BCUT2D eigenvalue weighted by Crippen LogP contribution is -2.07. The van der Waals surface area contributed by atoms with Gasteiger partial charge in [0.2, 0.25) is 0 Å². The Morgan fingerprint density at radius 1 is 1.10 bits per heavy atom. The Labute approximate surface area is 125 Å². The maximum Gasteiger partial charge on any atom is 0.120 e. The van der Waals surface area contributed by atoms with Gasteiger partial charge in [0.25, 0.3) is 0 Å². The molecule has 2 rings (SSSR count). The zero-order valence-electron chi connectivity index (χ0n) is 11.7. The van der Waals surface area contributed by atoms with Gasteiger partial charge < -0.3 is 9.84 Å². The Kier molecular flexibility index (Phi) is 5.05. The molecule has 1 atom stereocenters. The summed E-state index contributed by atoms with van der Waals surface area (Å²) in [6.07, 6.45) is 0.132. The second kappa shape index (κ2) is 6.78. The summed E-state index contributed by atoms with van der Waals surface area (Å²) in [4.78, 5) is 0. The Morgan fingerprint density at radius 3 is 2.45 bits per heavy atom. The molecule has 0 aliphatic carbocycles. The van der Waals surface area contributed by atoms with E-state index in [4.69, 9.17) is 16.3 Å². The number of hydrogen-bond acceptors (Lipinski definition) is 2. The zero-order valence-corrected chi connectivity index (χ0v) is 12.5. The first-order chi connectivity index (χ1) is 9.54. The van der Waals surface area contributed by atoms with Gasteiger partial charge in [0.15, 0.2) is 0 Å². The van der Waals surface area contributed by atoms with Crippen LogP contribution >= 0.6 is 11.6 Å². The van der Waals surface area contributed by atoms with Crippen molar-refractivity contribution in [2.24, 2.45) is 0 Å². The van der Waals surface area contributed by atoms with E-state index in [0.29, 0.717) is 11.4 Å². The van der Waals surface area contributed by atoms with E-state index in [1.807, 2.05) is 62.4 Å². The highest BCUT2D eigenvalue weighted by atomic mass is 35.5.